The minimum atomic E-state index is -3.29. The van der Waals surface area contributed by atoms with Gasteiger partial charge in [-0.05, 0) is 31.2 Å². The van der Waals surface area contributed by atoms with E-state index in [9.17, 15) is 13.2 Å². The van der Waals surface area contributed by atoms with Crippen molar-refractivity contribution in [2.45, 2.75) is 31.9 Å². The lowest BCUT2D eigenvalue weighted by atomic mass is 10.1. The summed E-state index contributed by atoms with van der Waals surface area (Å²) in [5.41, 5.74) is 2.09. The number of sulfonamides is 1. The third-order valence-corrected chi connectivity index (χ3v) is 6.06. The predicted molar refractivity (Wildman–Crippen MR) is 111 cm³/mol. The zero-order valence-corrected chi connectivity index (χ0v) is 17.4. The van der Waals surface area contributed by atoms with Crippen molar-refractivity contribution >= 4 is 49.8 Å². The highest BCUT2D eigenvalue weighted by atomic mass is 32.2. The zero-order valence-electron chi connectivity index (χ0n) is 15.0. The Morgan fingerprint density at radius 3 is 2.62 bits per heavy atom. The van der Waals surface area contributed by atoms with Gasteiger partial charge >= 0.3 is 0 Å². The van der Waals surface area contributed by atoms with Crippen molar-refractivity contribution in [1.29, 1.82) is 0 Å². The molecule has 26 heavy (non-hydrogen) atoms. The van der Waals surface area contributed by atoms with Crippen LogP contribution in [0.5, 0.6) is 0 Å². The summed E-state index contributed by atoms with van der Waals surface area (Å²) in [5.74, 6) is 0.932. The number of anilines is 2. The standard InChI is InChI=1S/C17H23N3O3S3/c1-4-5-10-24-12(2)16(21)19-17-18-15(11-25-17)13-6-8-14(9-7-13)20-26(3,22)23/h6-9,11-12,20H,4-5,10H2,1-3H3,(H,18,19,21). The van der Waals surface area contributed by atoms with E-state index in [4.69, 9.17) is 0 Å². The van der Waals surface area contributed by atoms with Crippen LogP contribution in [0.1, 0.15) is 26.7 Å². The molecule has 1 unspecified atom stereocenters. The minimum absolute atomic E-state index is 0.0419. The van der Waals surface area contributed by atoms with Gasteiger partial charge in [-0.2, -0.15) is 0 Å². The maximum atomic E-state index is 12.2. The average molecular weight is 414 g/mol. The molecule has 2 aromatic rings. The Morgan fingerprint density at radius 1 is 1.31 bits per heavy atom. The van der Waals surface area contributed by atoms with E-state index in [1.165, 1.54) is 11.3 Å². The van der Waals surface area contributed by atoms with Crippen molar-refractivity contribution in [2.24, 2.45) is 0 Å². The smallest absolute Gasteiger partial charge is 0.238 e. The Bertz CT molecular complexity index is 832. The molecule has 1 aromatic heterocycles. The Labute approximate surface area is 162 Å². The second kappa shape index (κ2) is 9.38. The van der Waals surface area contributed by atoms with E-state index in [-0.39, 0.29) is 11.2 Å². The molecule has 0 aliphatic rings. The fraction of sp³-hybridized carbons (Fsp3) is 0.412. The van der Waals surface area contributed by atoms with Gasteiger partial charge in [0.1, 0.15) is 0 Å². The van der Waals surface area contributed by atoms with Crippen LogP contribution in [0.4, 0.5) is 10.8 Å². The molecule has 0 aliphatic heterocycles. The van der Waals surface area contributed by atoms with Crippen LogP contribution in [0.2, 0.25) is 0 Å². The van der Waals surface area contributed by atoms with Crippen molar-refractivity contribution in [3.05, 3.63) is 29.6 Å². The van der Waals surface area contributed by atoms with E-state index in [1.54, 1.807) is 36.0 Å². The molecule has 1 aromatic carbocycles. The van der Waals surface area contributed by atoms with Crippen LogP contribution in [0.3, 0.4) is 0 Å². The number of benzene rings is 1. The van der Waals surface area contributed by atoms with Crippen LogP contribution in [0.25, 0.3) is 11.3 Å². The van der Waals surface area contributed by atoms with Crippen molar-refractivity contribution in [2.75, 3.05) is 22.0 Å². The summed E-state index contributed by atoms with van der Waals surface area (Å²) < 4.78 is 24.9. The maximum absolute atomic E-state index is 12.2. The number of carbonyl (C=O) groups is 1. The van der Waals surface area contributed by atoms with Gasteiger partial charge in [-0.3, -0.25) is 9.52 Å². The Kier molecular flexibility index (Phi) is 7.48. The van der Waals surface area contributed by atoms with E-state index in [1.807, 2.05) is 12.3 Å². The summed E-state index contributed by atoms with van der Waals surface area (Å²) in [6, 6.07) is 6.94. The Balaban J connectivity index is 1.97. The van der Waals surface area contributed by atoms with Gasteiger partial charge in [0.25, 0.3) is 0 Å². The quantitative estimate of drug-likeness (QED) is 0.606. The molecule has 2 rings (SSSR count). The number of thiazole rings is 1. The number of unbranched alkanes of at least 4 members (excludes halogenated alkanes) is 1. The van der Waals surface area contributed by atoms with Crippen molar-refractivity contribution in [3.63, 3.8) is 0 Å². The first kappa shape index (κ1) is 20.7. The second-order valence-corrected chi connectivity index (χ2v) is 9.90. The minimum Gasteiger partial charge on any atom is -0.301 e. The summed E-state index contributed by atoms with van der Waals surface area (Å²) in [7, 11) is -3.29. The monoisotopic (exact) mass is 413 g/mol. The fourth-order valence-electron chi connectivity index (χ4n) is 2.07. The van der Waals surface area contributed by atoms with Crippen LogP contribution in [0, 0.1) is 0 Å². The van der Waals surface area contributed by atoms with Gasteiger partial charge in [0, 0.05) is 16.6 Å². The van der Waals surface area contributed by atoms with Crippen LogP contribution >= 0.6 is 23.1 Å². The summed E-state index contributed by atoms with van der Waals surface area (Å²) in [6.07, 6.45) is 3.33. The van der Waals surface area contributed by atoms with E-state index < -0.39 is 10.0 Å². The molecule has 142 valence electrons. The van der Waals surface area contributed by atoms with E-state index in [0.29, 0.717) is 10.8 Å². The second-order valence-electron chi connectivity index (χ2n) is 5.85. The lowest BCUT2D eigenvalue weighted by Gasteiger charge is -2.09. The SMILES string of the molecule is CCCCSC(C)C(=O)Nc1nc(-c2ccc(NS(C)(=O)=O)cc2)cs1. The molecular formula is C17H23N3O3S3. The highest BCUT2D eigenvalue weighted by Gasteiger charge is 2.15. The van der Waals surface area contributed by atoms with Crippen molar-refractivity contribution < 1.29 is 13.2 Å². The molecule has 1 heterocycles. The molecule has 0 radical (unpaired) electrons. The van der Waals surface area contributed by atoms with Gasteiger partial charge in [-0.1, -0.05) is 25.5 Å². The molecule has 6 nitrogen and oxygen atoms in total. The third kappa shape index (κ3) is 6.62. The molecule has 0 spiro atoms. The summed E-state index contributed by atoms with van der Waals surface area (Å²) in [5, 5.41) is 5.17. The van der Waals surface area contributed by atoms with E-state index in [2.05, 4.69) is 21.9 Å². The number of hydrogen-bond acceptors (Lipinski definition) is 6. The first-order valence-electron chi connectivity index (χ1n) is 8.24. The fourth-order valence-corrected chi connectivity index (χ4v) is 4.38. The van der Waals surface area contributed by atoms with E-state index in [0.717, 1.165) is 36.1 Å². The van der Waals surface area contributed by atoms with Gasteiger partial charge < -0.3 is 5.32 Å². The number of hydrogen-bond donors (Lipinski definition) is 2. The number of nitrogens with zero attached hydrogens (tertiary/aromatic N) is 1. The topological polar surface area (TPSA) is 88.2 Å². The van der Waals surface area contributed by atoms with E-state index >= 15 is 0 Å². The van der Waals surface area contributed by atoms with Crippen LogP contribution in [0.15, 0.2) is 29.6 Å². The number of carbonyl (C=O) groups excluding carboxylic acids is 1. The van der Waals surface area contributed by atoms with Gasteiger partial charge in [0.15, 0.2) is 5.13 Å². The number of thioether (sulfide) groups is 1. The molecule has 1 atom stereocenters. The molecule has 2 N–H and O–H groups in total. The zero-order chi connectivity index (χ0) is 19.2. The third-order valence-electron chi connectivity index (χ3n) is 3.45. The molecule has 1 amide bonds. The molecule has 0 aliphatic carbocycles. The van der Waals surface area contributed by atoms with Crippen LogP contribution < -0.4 is 10.0 Å². The molecule has 0 saturated carbocycles. The molecule has 0 fully saturated rings. The largest absolute Gasteiger partial charge is 0.301 e. The highest BCUT2D eigenvalue weighted by Crippen LogP contribution is 2.27. The molecule has 0 bridgehead atoms. The Hall–Kier alpha value is -1.58. The average Bonchev–Trinajstić information content (AvgIpc) is 3.02. The van der Waals surface area contributed by atoms with Gasteiger partial charge in [0.2, 0.25) is 15.9 Å². The lowest BCUT2D eigenvalue weighted by Crippen LogP contribution is -2.22. The van der Waals surface area contributed by atoms with Crippen LogP contribution in [-0.2, 0) is 14.8 Å². The maximum Gasteiger partial charge on any atom is 0.238 e. The highest BCUT2D eigenvalue weighted by molar-refractivity contribution is 8.00. The van der Waals surface area contributed by atoms with Crippen molar-refractivity contribution in [3.8, 4) is 11.3 Å². The predicted octanol–water partition coefficient (Wildman–Crippen LogP) is 4.04. The van der Waals surface area contributed by atoms with Gasteiger partial charge in [-0.25, -0.2) is 13.4 Å². The van der Waals surface area contributed by atoms with Crippen molar-refractivity contribution in [1.82, 2.24) is 4.98 Å². The van der Waals surface area contributed by atoms with Gasteiger partial charge in [-0.15, -0.1) is 23.1 Å². The Morgan fingerprint density at radius 2 is 2.00 bits per heavy atom. The normalized spacial score (nSPS) is 12.6. The number of nitrogens with one attached hydrogen (secondary N) is 2. The summed E-state index contributed by atoms with van der Waals surface area (Å²) in [6.45, 7) is 4.03. The first-order chi connectivity index (χ1) is 12.3. The molecule has 9 heteroatoms. The summed E-state index contributed by atoms with van der Waals surface area (Å²) in [4.78, 5) is 16.6. The van der Waals surface area contributed by atoms with Crippen LogP contribution in [-0.4, -0.2) is 36.6 Å². The molecule has 0 saturated heterocycles. The number of amides is 1. The first-order valence-corrected chi connectivity index (χ1v) is 12.1. The molecular weight excluding hydrogens is 390 g/mol. The number of rotatable bonds is 9. The number of aromatic nitrogens is 1. The lowest BCUT2D eigenvalue weighted by molar-refractivity contribution is -0.115. The van der Waals surface area contributed by atoms with Gasteiger partial charge in [0.05, 0.1) is 17.2 Å². The summed E-state index contributed by atoms with van der Waals surface area (Å²) >= 11 is 3.02.